The van der Waals surface area contributed by atoms with Crippen LogP contribution in [0.15, 0.2) is 24.3 Å². The lowest BCUT2D eigenvalue weighted by atomic mass is 9.72. The summed E-state index contributed by atoms with van der Waals surface area (Å²) < 4.78 is 0. The predicted molar refractivity (Wildman–Crippen MR) is 93.2 cm³/mol. The lowest BCUT2D eigenvalue weighted by molar-refractivity contribution is -0.139. The van der Waals surface area contributed by atoms with Crippen molar-refractivity contribution in [1.82, 2.24) is 9.80 Å². The van der Waals surface area contributed by atoms with E-state index in [0.717, 1.165) is 25.8 Å². The Hall–Kier alpha value is -2.08. The van der Waals surface area contributed by atoms with Gasteiger partial charge in [0.2, 0.25) is 5.91 Å². The summed E-state index contributed by atoms with van der Waals surface area (Å²) in [5, 5.41) is 18.9. The first-order valence-corrected chi connectivity index (χ1v) is 9.01. The highest BCUT2D eigenvalue weighted by Gasteiger charge is 2.41. The molecule has 2 N–H and O–H groups in total. The number of phenolic OH excluding ortho intramolecular Hbond substituents is 1. The van der Waals surface area contributed by atoms with Crippen molar-refractivity contribution in [3.63, 3.8) is 0 Å². The number of carbonyl (C=O) groups excluding carboxylic acids is 2. The number of hydrogen-bond donors (Lipinski definition) is 2. The minimum Gasteiger partial charge on any atom is -0.507 e. The van der Waals surface area contributed by atoms with Gasteiger partial charge >= 0.3 is 0 Å². The van der Waals surface area contributed by atoms with Crippen molar-refractivity contribution in [2.75, 3.05) is 32.8 Å². The Bertz CT molecular complexity index is 638. The van der Waals surface area contributed by atoms with Crippen molar-refractivity contribution in [2.24, 2.45) is 5.41 Å². The van der Waals surface area contributed by atoms with Gasteiger partial charge in [-0.3, -0.25) is 9.59 Å². The van der Waals surface area contributed by atoms with Crippen LogP contribution in [-0.4, -0.2) is 64.6 Å². The molecule has 25 heavy (non-hydrogen) atoms. The van der Waals surface area contributed by atoms with E-state index in [4.69, 9.17) is 5.11 Å². The van der Waals surface area contributed by atoms with Gasteiger partial charge < -0.3 is 20.0 Å². The van der Waals surface area contributed by atoms with Crippen LogP contribution in [0.2, 0.25) is 0 Å². The van der Waals surface area contributed by atoms with Gasteiger partial charge in [0.15, 0.2) is 0 Å². The van der Waals surface area contributed by atoms with E-state index >= 15 is 0 Å². The molecule has 136 valence electrons. The molecule has 3 rings (SSSR count). The van der Waals surface area contributed by atoms with Crippen LogP contribution in [0.4, 0.5) is 0 Å². The number of rotatable bonds is 4. The number of aliphatic hydroxyl groups is 1. The van der Waals surface area contributed by atoms with E-state index in [-0.39, 0.29) is 29.6 Å². The monoisotopic (exact) mass is 346 g/mol. The SMILES string of the molecule is O=C1CCC2(CCN(C(=O)c3ccccc3O)CC2)CN1CCCO. The van der Waals surface area contributed by atoms with Crippen molar-refractivity contribution >= 4 is 11.8 Å². The number of likely N-dealkylation sites (tertiary alicyclic amines) is 2. The number of aromatic hydroxyl groups is 1. The van der Waals surface area contributed by atoms with E-state index in [1.165, 1.54) is 6.07 Å². The maximum absolute atomic E-state index is 12.6. The van der Waals surface area contributed by atoms with Gasteiger partial charge in [-0.15, -0.1) is 0 Å². The standard InChI is InChI=1S/C19H26N2O4/c22-13-3-10-21-14-19(7-6-17(21)24)8-11-20(12-9-19)18(25)15-4-1-2-5-16(15)23/h1-2,4-5,22-23H,3,6-14H2. The third kappa shape index (κ3) is 3.79. The summed E-state index contributed by atoms with van der Waals surface area (Å²) in [6.45, 7) is 2.73. The number of para-hydroxylation sites is 1. The predicted octanol–water partition coefficient (Wildman–Crippen LogP) is 1.62. The first-order valence-electron chi connectivity index (χ1n) is 9.01. The highest BCUT2D eigenvalue weighted by molar-refractivity contribution is 5.96. The Morgan fingerprint density at radius 2 is 1.88 bits per heavy atom. The lowest BCUT2D eigenvalue weighted by Crippen LogP contribution is -2.52. The molecule has 1 aromatic rings. The first-order chi connectivity index (χ1) is 12.0. The molecule has 0 radical (unpaired) electrons. The zero-order chi connectivity index (χ0) is 17.9. The summed E-state index contributed by atoms with van der Waals surface area (Å²) in [4.78, 5) is 28.4. The molecule has 1 spiro atoms. The van der Waals surface area contributed by atoms with E-state index in [2.05, 4.69) is 0 Å². The first kappa shape index (κ1) is 17.7. The second-order valence-electron chi connectivity index (χ2n) is 7.20. The molecule has 2 saturated heterocycles. The maximum atomic E-state index is 12.6. The minimum atomic E-state index is -0.128. The molecule has 1 aromatic carbocycles. The number of amides is 2. The Balaban J connectivity index is 1.62. The normalized spacial score (nSPS) is 20.1. The quantitative estimate of drug-likeness (QED) is 0.868. The molecule has 2 aliphatic rings. The minimum absolute atomic E-state index is 0.0197. The van der Waals surface area contributed by atoms with Crippen LogP contribution in [0.5, 0.6) is 5.75 Å². The van der Waals surface area contributed by atoms with Crippen molar-refractivity contribution in [2.45, 2.75) is 32.1 Å². The molecular weight excluding hydrogens is 320 g/mol. The van der Waals surface area contributed by atoms with Crippen LogP contribution in [0.3, 0.4) is 0 Å². The fourth-order valence-corrected chi connectivity index (χ4v) is 3.98. The molecule has 2 heterocycles. The average molecular weight is 346 g/mol. The topological polar surface area (TPSA) is 81.1 Å². The Morgan fingerprint density at radius 3 is 2.56 bits per heavy atom. The van der Waals surface area contributed by atoms with Crippen LogP contribution in [0, 0.1) is 5.41 Å². The molecule has 6 nitrogen and oxygen atoms in total. The number of nitrogens with zero attached hydrogens (tertiary/aromatic N) is 2. The number of phenols is 1. The molecule has 0 bridgehead atoms. The van der Waals surface area contributed by atoms with Crippen LogP contribution in [0.1, 0.15) is 42.5 Å². The highest BCUT2D eigenvalue weighted by Crippen LogP contribution is 2.40. The third-order valence-corrected chi connectivity index (χ3v) is 5.58. The number of carbonyl (C=O) groups is 2. The molecule has 0 saturated carbocycles. The second kappa shape index (κ2) is 7.44. The fraction of sp³-hybridized carbons (Fsp3) is 0.579. The number of piperidine rings is 2. The van der Waals surface area contributed by atoms with Gasteiger partial charge in [-0.25, -0.2) is 0 Å². The van der Waals surface area contributed by atoms with Crippen LogP contribution in [0.25, 0.3) is 0 Å². The van der Waals surface area contributed by atoms with Crippen molar-refractivity contribution in [1.29, 1.82) is 0 Å². The molecule has 0 atom stereocenters. The molecule has 2 amide bonds. The van der Waals surface area contributed by atoms with Gasteiger partial charge in [0.25, 0.3) is 5.91 Å². The van der Waals surface area contributed by atoms with E-state index in [1.807, 2.05) is 4.90 Å². The summed E-state index contributed by atoms with van der Waals surface area (Å²) in [5.41, 5.74) is 0.431. The van der Waals surface area contributed by atoms with Crippen LogP contribution < -0.4 is 0 Å². The van der Waals surface area contributed by atoms with Gasteiger partial charge in [-0.1, -0.05) is 12.1 Å². The van der Waals surface area contributed by atoms with Gasteiger partial charge in [-0.05, 0) is 43.2 Å². The largest absolute Gasteiger partial charge is 0.507 e. The number of hydrogen-bond acceptors (Lipinski definition) is 4. The van der Waals surface area contributed by atoms with Crippen molar-refractivity contribution in [3.05, 3.63) is 29.8 Å². The van der Waals surface area contributed by atoms with Gasteiger partial charge in [-0.2, -0.15) is 0 Å². The summed E-state index contributed by atoms with van der Waals surface area (Å²) >= 11 is 0. The molecule has 0 aromatic heterocycles. The highest BCUT2D eigenvalue weighted by atomic mass is 16.3. The van der Waals surface area contributed by atoms with Crippen LogP contribution in [-0.2, 0) is 4.79 Å². The van der Waals surface area contributed by atoms with Gasteiger partial charge in [0.1, 0.15) is 5.75 Å². The zero-order valence-corrected chi connectivity index (χ0v) is 14.5. The number of benzene rings is 1. The molecule has 6 heteroatoms. The van der Waals surface area contributed by atoms with Crippen molar-refractivity contribution in [3.8, 4) is 5.75 Å². The average Bonchev–Trinajstić information content (AvgIpc) is 2.63. The molecular formula is C19H26N2O4. The molecule has 0 unspecified atom stereocenters. The van der Waals surface area contributed by atoms with E-state index in [0.29, 0.717) is 38.0 Å². The van der Waals surface area contributed by atoms with Gasteiger partial charge in [0.05, 0.1) is 5.56 Å². The Labute approximate surface area is 148 Å². The van der Waals surface area contributed by atoms with E-state index in [9.17, 15) is 14.7 Å². The second-order valence-corrected chi connectivity index (χ2v) is 7.20. The Morgan fingerprint density at radius 1 is 1.16 bits per heavy atom. The summed E-state index contributed by atoms with van der Waals surface area (Å²) in [6.07, 6.45) is 3.78. The summed E-state index contributed by atoms with van der Waals surface area (Å²) in [7, 11) is 0. The third-order valence-electron chi connectivity index (χ3n) is 5.58. The van der Waals surface area contributed by atoms with E-state index < -0.39 is 0 Å². The maximum Gasteiger partial charge on any atom is 0.257 e. The fourth-order valence-electron chi connectivity index (χ4n) is 3.98. The molecule has 2 aliphatic heterocycles. The number of aliphatic hydroxyl groups excluding tert-OH is 1. The molecule has 0 aliphatic carbocycles. The molecule has 2 fully saturated rings. The zero-order valence-electron chi connectivity index (χ0n) is 14.5. The van der Waals surface area contributed by atoms with E-state index in [1.54, 1.807) is 23.1 Å². The lowest BCUT2D eigenvalue weighted by Gasteiger charge is -2.47. The Kier molecular flexibility index (Phi) is 5.27. The summed E-state index contributed by atoms with van der Waals surface area (Å²) in [5.74, 6) is 0.0648. The van der Waals surface area contributed by atoms with Crippen molar-refractivity contribution < 1.29 is 19.8 Å². The van der Waals surface area contributed by atoms with Gasteiger partial charge in [0, 0.05) is 39.2 Å². The van der Waals surface area contributed by atoms with Crippen LogP contribution >= 0.6 is 0 Å². The smallest absolute Gasteiger partial charge is 0.257 e. The summed E-state index contributed by atoms with van der Waals surface area (Å²) in [6, 6.07) is 6.64.